The Bertz CT molecular complexity index is 469. The van der Waals surface area contributed by atoms with E-state index < -0.39 is 9.84 Å². The Morgan fingerprint density at radius 2 is 2.00 bits per heavy atom. The maximum absolute atomic E-state index is 11.5. The molecule has 0 amide bonds. The van der Waals surface area contributed by atoms with E-state index in [4.69, 9.17) is 4.74 Å². The summed E-state index contributed by atoms with van der Waals surface area (Å²) in [4.78, 5) is 0. The van der Waals surface area contributed by atoms with Gasteiger partial charge in [0.05, 0.1) is 11.5 Å². The first-order valence-corrected chi connectivity index (χ1v) is 8.15. The second-order valence-corrected chi connectivity index (χ2v) is 7.07. The minimum absolute atomic E-state index is 0.0793. The lowest BCUT2D eigenvalue weighted by molar-refractivity contribution is 0.340. The Balaban J connectivity index is 2.49. The Labute approximate surface area is 111 Å². The van der Waals surface area contributed by atoms with Gasteiger partial charge in [-0.3, -0.25) is 0 Å². The summed E-state index contributed by atoms with van der Waals surface area (Å²) in [5, 5.41) is 0. The number of halogens is 1. The lowest BCUT2D eigenvalue weighted by atomic mass is 10.2. The SMILES string of the molecule is CCCS(=O)(=O)CCOc1ccc(Br)c(C)c1. The molecule has 0 aliphatic heterocycles. The van der Waals surface area contributed by atoms with Crippen LogP contribution in [-0.2, 0) is 9.84 Å². The summed E-state index contributed by atoms with van der Waals surface area (Å²) in [6, 6.07) is 5.60. The smallest absolute Gasteiger partial charge is 0.153 e. The van der Waals surface area contributed by atoms with Crippen molar-refractivity contribution in [1.82, 2.24) is 0 Å². The summed E-state index contributed by atoms with van der Waals surface area (Å²) in [6.45, 7) is 4.03. The van der Waals surface area contributed by atoms with Gasteiger partial charge in [-0.1, -0.05) is 22.9 Å². The molecule has 0 saturated carbocycles. The summed E-state index contributed by atoms with van der Waals surface area (Å²) < 4.78 is 29.3. The van der Waals surface area contributed by atoms with Crippen LogP contribution in [0.3, 0.4) is 0 Å². The van der Waals surface area contributed by atoms with E-state index in [9.17, 15) is 8.42 Å². The summed E-state index contributed by atoms with van der Waals surface area (Å²) in [6.07, 6.45) is 0.653. The van der Waals surface area contributed by atoms with Crippen molar-refractivity contribution in [3.8, 4) is 5.75 Å². The molecule has 0 fully saturated rings. The van der Waals surface area contributed by atoms with Crippen LogP contribution in [0.4, 0.5) is 0 Å². The second-order valence-electron chi connectivity index (χ2n) is 3.91. The van der Waals surface area contributed by atoms with Gasteiger partial charge in [-0.2, -0.15) is 0 Å². The van der Waals surface area contributed by atoms with E-state index in [1.54, 1.807) is 0 Å². The van der Waals surface area contributed by atoms with E-state index in [1.807, 2.05) is 32.0 Å². The fourth-order valence-electron chi connectivity index (χ4n) is 1.41. The molecule has 0 unspecified atom stereocenters. The van der Waals surface area contributed by atoms with Gasteiger partial charge in [0, 0.05) is 4.47 Å². The second kappa shape index (κ2) is 6.40. The Morgan fingerprint density at radius 1 is 1.29 bits per heavy atom. The molecule has 0 saturated heterocycles. The Hall–Kier alpha value is -0.550. The number of rotatable bonds is 6. The van der Waals surface area contributed by atoms with Gasteiger partial charge < -0.3 is 4.74 Å². The quantitative estimate of drug-likeness (QED) is 0.809. The van der Waals surface area contributed by atoms with Crippen LogP contribution < -0.4 is 4.74 Å². The molecule has 0 heterocycles. The molecule has 0 bridgehead atoms. The van der Waals surface area contributed by atoms with Gasteiger partial charge in [-0.05, 0) is 37.1 Å². The molecule has 5 heteroatoms. The van der Waals surface area contributed by atoms with Gasteiger partial charge in [0.25, 0.3) is 0 Å². The van der Waals surface area contributed by atoms with Crippen LogP contribution in [0.1, 0.15) is 18.9 Å². The van der Waals surface area contributed by atoms with Gasteiger partial charge in [0.2, 0.25) is 0 Å². The van der Waals surface area contributed by atoms with E-state index in [0.29, 0.717) is 12.2 Å². The van der Waals surface area contributed by atoms with Crippen LogP contribution in [0, 0.1) is 6.92 Å². The normalized spacial score (nSPS) is 11.5. The molecule has 3 nitrogen and oxygen atoms in total. The molecule has 1 aromatic rings. The average Bonchev–Trinajstić information content (AvgIpc) is 2.23. The number of ether oxygens (including phenoxy) is 1. The van der Waals surface area contributed by atoms with E-state index >= 15 is 0 Å². The van der Waals surface area contributed by atoms with Crippen molar-refractivity contribution in [3.05, 3.63) is 28.2 Å². The molecule has 0 spiro atoms. The molecule has 0 aliphatic rings. The average molecular weight is 321 g/mol. The number of sulfone groups is 1. The van der Waals surface area contributed by atoms with Gasteiger partial charge in [0.1, 0.15) is 12.4 Å². The van der Waals surface area contributed by atoms with Gasteiger partial charge in [0.15, 0.2) is 9.84 Å². The zero-order valence-electron chi connectivity index (χ0n) is 10.1. The fraction of sp³-hybridized carbons (Fsp3) is 0.500. The molecular formula is C12H17BrO3S. The maximum atomic E-state index is 11.5. The molecule has 17 heavy (non-hydrogen) atoms. The zero-order chi connectivity index (χ0) is 12.9. The van der Waals surface area contributed by atoms with Crippen LogP contribution in [-0.4, -0.2) is 26.5 Å². The summed E-state index contributed by atoms with van der Waals surface area (Å²) >= 11 is 3.40. The molecule has 1 rings (SSSR count). The van der Waals surface area contributed by atoms with E-state index in [1.165, 1.54) is 0 Å². The first-order chi connectivity index (χ1) is 7.94. The molecule has 0 aromatic heterocycles. The first-order valence-electron chi connectivity index (χ1n) is 5.54. The van der Waals surface area contributed by atoms with Crippen molar-refractivity contribution in [2.45, 2.75) is 20.3 Å². The fourth-order valence-corrected chi connectivity index (χ4v) is 2.82. The summed E-state index contributed by atoms with van der Waals surface area (Å²) in [5.41, 5.74) is 1.07. The lowest BCUT2D eigenvalue weighted by Crippen LogP contribution is -2.16. The minimum Gasteiger partial charge on any atom is -0.493 e. The number of benzene rings is 1. The third-order valence-corrected chi connectivity index (χ3v) is 5.02. The molecule has 0 radical (unpaired) electrons. The number of hydrogen-bond acceptors (Lipinski definition) is 3. The molecular weight excluding hydrogens is 304 g/mol. The number of aryl methyl sites for hydroxylation is 1. The molecule has 0 atom stereocenters. The van der Waals surface area contributed by atoms with Crippen molar-refractivity contribution in [2.75, 3.05) is 18.1 Å². The standard InChI is InChI=1S/C12H17BrO3S/c1-3-7-17(14,15)8-6-16-11-4-5-12(13)10(2)9-11/h4-5,9H,3,6-8H2,1-2H3. The van der Waals surface area contributed by atoms with Gasteiger partial charge in [-0.25, -0.2) is 8.42 Å². The van der Waals surface area contributed by atoms with E-state index in [0.717, 1.165) is 10.0 Å². The number of hydrogen-bond donors (Lipinski definition) is 0. The van der Waals surface area contributed by atoms with Crippen LogP contribution in [0.25, 0.3) is 0 Å². The third kappa shape index (κ3) is 5.08. The molecule has 0 aliphatic carbocycles. The predicted molar refractivity (Wildman–Crippen MR) is 73.3 cm³/mol. The molecule has 0 N–H and O–H groups in total. The lowest BCUT2D eigenvalue weighted by Gasteiger charge is -2.08. The van der Waals surface area contributed by atoms with Crippen molar-refractivity contribution in [2.24, 2.45) is 0 Å². The van der Waals surface area contributed by atoms with Crippen LogP contribution in [0.5, 0.6) is 5.75 Å². The van der Waals surface area contributed by atoms with Crippen LogP contribution in [0.2, 0.25) is 0 Å². The highest BCUT2D eigenvalue weighted by Crippen LogP contribution is 2.21. The summed E-state index contributed by atoms with van der Waals surface area (Å²) in [5.74, 6) is 1.02. The Morgan fingerprint density at radius 3 is 2.59 bits per heavy atom. The minimum atomic E-state index is -2.95. The highest BCUT2D eigenvalue weighted by molar-refractivity contribution is 9.10. The predicted octanol–water partition coefficient (Wildman–Crippen LogP) is 2.96. The Kier molecular flexibility index (Phi) is 5.46. The van der Waals surface area contributed by atoms with Crippen LogP contribution >= 0.6 is 15.9 Å². The molecule has 96 valence electrons. The topological polar surface area (TPSA) is 43.4 Å². The highest BCUT2D eigenvalue weighted by Gasteiger charge is 2.09. The zero-order valence-corrected chi connectivity index (χ0v) is 12.5. The first kappa shape index (κ1) is 14.5. The van der Waals surface area contributed by atoms with Crippen LogP contribution in [0.15, 0.2) is 22.7 Å². The van der Waals surface area contributed by atoms with Crippen molar-refractivity contribution >= 4 is 25.8 Å². The van der Waals surface area contributed by atoms with Gasteiger partial charge >= 0.3 is 0 Å². The summed E-state index contributed by atoms with van der Waals surface area (Å²) in [7, 11) is -2.95. The molecule has 1 aromatic carbocycles. The van der Waals surface area contributed by atoms with E-state index in [2.05, 4.69) is 15.9 Å². The monoisotopic (exact) mass is 320 g/mol. The largest absolute Gasteiger partial charge is 0.493 e. The highest BCUT2D eigenvalue weighted by atomic mass is 79.9. The van der Waals surface area contributed by atoms with Gasteiger partial charge in [-0.15, -0.1) is 0 Å². The van der Waals surface area contributed by atoms with Crippen molar-refractivity contribution in [1.29, 1.82) is 0 Å². The maximum Gasteiger partial charge on any atom is 0.153 e. The third-order valence-electron chi connectivity index (χ3n) is 2.31. The van der Waals surface area contributed by atoms with E-state index in [-0.39, 0.29) is 18.1 Å². The van der Waals surface area contributed by atoms with Crippen molar-refractivity contribution < 1.29 is 13.2 Å². The van der Waals surface area contributed by atoms with Crippen molar-refractivity contribution in [3.63, 3.8) is 0 Å².